The number of rotatable bonds is 7. The van der Waals surface area contributed by atoms with E-state index >= 15 is 17.6 Å². The molecular formula is C28H4F19N3. The van der Waals surface area contributed by atoms with Crippen LogP contribution in [0.4, 0.5) is 83.4 Å². The summed E-state index contributed by atoms with van der Waals surface area (Å²) in [5, 5.41) is 0. The lowest BCUT2D eigenvalue weighted by atomic mass is 9.98. The molecule has 0 unspecified atom stereocenters. The number of hydrogen-bond donors (Lipinski definition) is 0. The van der Waals surface area contributed by atoms with Crippen molar-refractivity contribution in [1.29, 1.82) is 0 Å². The molecule has 0 aliphatic heterocycles. The second-order valence-corrected chi connectivity index (χ2v) is 9.16. The van der Waals surface area contributed by atoms with Gasteiger partial charge in [-0.3, -0.25) is 0 Å². The summed E-state index contributed by atoms with van der Waals surface area (Å²) >= 11 is 0. The number of allylic oxidation sites excluding steroid dienone is 5. The summed E-state index contributed by atoms with van der Waals surface area (Å²) < 4.78 is 271. The minimum absolute atomic E-state index is 2.04. The van der Waals surface area contributed by atoms with Crippen molar-refractivity contribution in [3.05, 3.63) is 117 Å². The molecule has 50 heavy (non-hydrogen) atoms. The Hall–Kier alpha value is -5.44. The van der Waals surface area contributed by atoms with Crippen molar-refractivity contribution < 1.29 is 83.4 Å². The second-order valence-electron chi connectivity index (χ2n) is 9.16. The molecule has 3 nitrogen and oxygen atoms in total. The number of hydrogen-bond acceptors (Lipinski definition) is 3. The fourth-order valence-electron chi connectivity index (χ4n) is 3.97. The highest BCUT2D eigenvalue weighted by Gasteiger charge is 2.37. The molecule has 0 aliphatic carbocycles. The molecule has 264 valence electrons. The van der Waals surface area contributed by atoms with Crippen LogP contribution in [0.25, 0.3) is 39.5 Å². The molecule has 0 saturated carbocycles. The van der Waals surface area contributed by atoms with E-state index in [4.69, 9.17) is 0 Å². The van der Waals surface area contributed by atoms with Gasteiger partial charge in [-0.1, -0.05) is 6.58 Å². The lowest BCUT2D eigenvalue weighted by molar-refractivity contribution is 0.379. The minimum atomic E-state index is -3.05. The first-order chi connectivity index (χ1) is 23.2. The van der Waals surface area contributed by atoms with Crippen LogP contribution in [0.5, 0.6) is 0 Å². The topological polar surface area (TPSA) is 38.7 Å². The molecule has 1 heterocycles. The third-order valence-electron chi connectivity index (χ3n) is 6.31. The third-order valence-corrected chi connectivity index (χ3v) is 6.31. The van der Waals surface area contributed by atoms with Gasteiger partial charge in [0.2, 0.25) is 11.6 Å². The highest BCUT2D eigenvalue weighted by Crippen LogP contribution is 2.41. The predicted octanol–water partition coefficient (Wildman–Crippen LogP) is 10.1. The molecule has 4 aromatic rings. The summed E-state index contributed by atoms with van der Waals surface area (Å²) in [7, 11) is 0. The monoisotopic (exact) mass is 743 g/mol. The van der Waals surface area contributed by atoms with Crippen molar-refractivity contribution in [3.63, 3.8) is 0 Å². The minimum Gasteiger partial charge on any atom is -0.246 e. The molecule has 0 fully saturated rings. The summed E-state index contributed by atoms with van der Waals surface area (Å²) in [4.78, 5) is 8.64. The van der Waals surface area contributed by atoms with E-state index in [9.17, 15) is 65.9 Å². The quantitative estimate of drug-likeness (QED) is 0.0819. The standard InChI is InChI=1S/C28H4F19N3/c1-3(30)9(31)19(41)10(32)4(2-29)26-48-27(50-28(49-26)8-17(39)22(44)25(47)23(45)18(8)40)7-15(37)11(33)5(12(34)16(7)38)6-13(35)20(42)24(46)21(43)14(6)36/h1-2H2/b10-4-,19-9-. The second kappa shape index (κ2) is 13.5. The molecule has 1 aromatic heterocycles. The van der Waals surface area contributed by atoms with Crippen molar-refractivity contribution in [2.75, 3.05) is 6.67 Å². The Morgan fingerprint density at radius 3 is 0.980 bits per heavy atom. The highest BCUT2D eigenvalue weighted by atomic mass is 19.2. The average Bonchev–Trinajstić information content (AvgIpc) is 3.08. The molecule has 0 N–H and O–H groups in total. The molecule has 0 spiro atoms. The maximum atomic E-state index is 15.4. The Bertz CT molecular complexity index is 2120. The zero-order valence-electron chi connectivity index (χ0n) is 22.9. The molecule has 0 atom stereocenters. The van der Waals surface area contributed by atoms with Gasteiger partial charge in [0.15, 0.2) is 111 Å². The maximum absolute atomic E-state index is 15.4. The zero-order chi connectivity index (χ0) is 37.8. The van der Waals surface area contributed by atoms with Gasteiger partial charge in [-0.25, -0.2) is 98.4 Å². The van der Waals surface area contributed by atoms with Crippen LogP contribution in [0.3, 0.4) is 0 Å². The van der Waals surface area contributed by atoms with Crippen LogP contribution < -0.4 is 0 Å². The average molecular weight is 743 g/mol. The molecular weight excluding hydrogens is 739 g/mol. The first-order valence-electron chi connectivity index (χ1n) is 12.2. The first-order valence-corrected chi connectivity index (χ1v) is 12.2. The van der Waals surface area contributed by atoms with Crippen LogP contribution in [-0.2, 0) is 0 Å². The smallest absolute Gasteiger partial charge is 0.200 e. The van der Waals surface area contributed by atoms with Crippen molar-refractivity contribution in [1.82, 2.24) is 15.0 Å². The Balaban J connectivity index is 2.20. The Morgan fingerprint density at radius 2 is 0.660 bits per heavy atom. The number of benzene rings is 3. The van der Waals surface area contributed by atoms with E-state index in [1.165, 1.54) is 0 Å². The molecule has 0 radical (unpaired) electrons. The summed E-state index contributed by atoms with van der Waals surface area (Å²) in [6, 6.07) is 0. The normalized spacial score (nSPS) is 12.7. The maximum Gasteiger partial charge on any atom is 0.200 e. The van der Waals surface area contributed by atoms with E-state index in [0.29, 0.717) is 0 Å². The van der Waals surface area contributed by atoms with Gasteiger partial charge in [0, 0.05) is 0 Å². The van der Waals surface area contributed by atoms with Crippen LogP contribution in [0, 0.1) is 81.4 Å². The van der Waals surface area contributed by atoms with E-state index in [2.05, 4.69) is 21.5 Å². The fourth-order valence-corrected chi connectivity index (χ4v) is 3.97. The summed E-state index contributed by atoms with van der Waals surface area (Å²) in [6.45, 7) is -0.269. The van der Waals surface area contributed by atoms with E-state index in [0.717, 1.165) is 0 Å². The van der Waals surface area contributed by atoms with Crippen molar-refractivity contribution in [3.8, 4) is 33.9 Å². The molecule has 22 heteroatoms. The van der Waals surface area contributed by atoms with E-state index in [1.54, 1.807) is 0 Å². The van der Waals surface area contributed by atoms with Gasteiger partial charge < -0.3 is 0 Å². The van der Waals surface area contributed by atoms with E-state index in [-0.39, 0.29) is 0 Å². The number of nitrogens with zero attached hydrogens (tertiary/aromatic N) is 3. The Morgan fingerprint density at radius 1 is 0.380 bits per heavy atom. The fraction of sp³-hybridized carbons (Fsp3) is 0.0357. The molecule has 3 aromatic carbocycles. The number of alkyl halides is 1. The zero-order valence-corrected chi connectivity index (χ0v) is 22.9. The van der Waals surface area contributed by atoms with Crippen molar-refractivity contribution in [2.45, 2.75) is 0 Å². The van der Waals surface area contributed by atoms with Crippen LogP contribution in [0.2, 0.25) is 0 Å². The van der Waals surface area contributed by atoms with Crippen molar-refractivity contribution >= 4 is 5.57 Å². The van der Waals surface area contributed by atoms with Gasteiger partial charge in [-0.05, 0) is 0 Å². The van der Waals surface area contributed by atoms with Gasteiger partial charge in [-0.2, -0.15) is 0 Å². The summed E-state index contributed by atoms with van der Waals surface area (Å²) in [5.41, 5.74) is -12.2. The van der Waals surface area contributed by atoms with Crippen LogP contribution in [0.15, 0.2) is 29.9 Å². The Labute approximate surface area is 262 Å². The van der Waals surface area contributed by atoms with E-state index in [1.807, 2.05) is 0 Å². The van der Waals surface area contributed by atoms with Crippen molar-refractivity contribution in [2.24, 2.45) is 0 Å². The van der Waals surface area contributed by atoms with Gasteiger partial charge in [0.05, 0.1) is 27.8 Å². The number of aromatic nitrogens is 3. The lowest BCUT2D eigenvalue weighted by Crippen LogP contribution is -2.13. The van der Waals surface area contributed by atoms with Gasteiger partial charge in [-0.15, -0.1) is 0 Å². The van der Waals surface area contributed by atoms with E-state index < -0.39 is 157 Å². The predicted molar refractivity (Wildman–Crippen MR) is 129 cm³/mol. The van der Waals surface area contributed by atoms with Gasteiger partial charge >= 0.3 is 0 Å². The molecule has 4 rings (SSSR count). The summed E-state index contributed by atoms with van der Waals surface area (Å²) in [6.07, 6.45) is 0. The van der Waals surface area contributed by atoms with Gasteiger partial charge in [0.1, 0.15) is 6.67 Å². The largest absolute Gasteiger partial charge is 0.246 e. The molecule has 0 amide bonds. The Kier molecular flexibility index (Phi) is 10.1. The lowest BCUT2D eigenvalue weighted by Gasteiger charge is -2.15. The third kappa shape index (κ3) is 5.80. The van der Waals surface area contributed by atoms with Crippen LogP contribution >= 0.6 is 0 Å². The molecule has 0 bridgehead atoms. The summed E-state index contributed by atoms with van der Waals surface area (Å²) in [5.74, 6) is -58.4. The number of halogens is 19. The van der Waals surface area contributed by atoms with Crippen LogP contribution in [-0.4, -0.2) is 21.6 Å². The SMILES string of the molecule is C=C(F)/C(F)=C(F)\C(F)=C(/CF)c1nc(-c2c(F)c(F)c(F)c(F)c2F)nc(-c2c(F)c(F)c(-c3c(F)c(F)c(F)c(F)c3F)c(F)c2F)n1. The first kappa shape index (κ1) is 37.4. The van der Waals surface area contributed by atoms with Gasteiger partial charge in [0.25, 0.3) is 0 Å². The highest BCUT2D eigenvalue weighted by molar-refractivity contribution is 5.74. The molecule has 0 saturated heterocycles. The molecule has 0 aliphatic rings. The van der Waals surface area contributed by atoms with Crippen LogP contribution in [0.1, 0.15) is 5.82 Å².